The molecule has 2 N–H and O–H groups in total. The van der Waals surface area contributed by atoms with Gasteiger partial charge in [0.1, 0.15) is 11.4 Å². The van der Waals surface area contributed by atoms with Crippen molar-refractivity contribution in [1.29, 1.82) is 0 Å². The van der Waals surface area contributed by atoms with Gasteiger partial charge in [0.25, 0.3) is 11.8 Å². The van der Waals surface area contributed by atoms with E-state index in [2.05, 4.69) is 26.6 Å². The van der Waals surface area contributed by atoms with E-state index in [0.717, 1.165) is 4.47 Å². The number of hydrogen-bond acceptors (Lipinski definition) is 4. The number of rotatable bonds is 7. The zero-order valence-electron chi connectivity index (χ0n) is 17.5. The smallest absolute Gasteiger partial charge is 0.272 e. The maximum absolute atomic E-state index is 13.0. The summed E-state index contributed by atoms with van der Waals surface area (Å²) in [5.74, 6) is -0.394. The highest BCUT2D eigenvalue weighted by Crippen LogP contribution is 2.17. The Morgan fingerprint density at radius 1 is 0.906 bits per heavy atom. The Balaban J connectivity index is 1.90. The molecule has 3 rings (SSSR count). The number of methoxy groups -OCH3 is 1. The van der Waals surface area contributed by atoms with Crippen molar-refractivity contribution in [1.82, 2.24) is 5.32 Å². The average Bonchev–Trinajstić information content (AvgIpc) is 2.79. The Morgan fingerprint density at radius 2 is 1.59 bits per heavy atom. The normalized spacial score (nSPS) is 10.9. The number of benzene rings is 3. The lowest BCUT2D eigenvalue weighted by atomic mass is 10.1. The lowest BCUT2D eigenvalue weighted by Crippen LogP contribution is -2.30. The molecule has 3 aromatic rings. The fourth-order valence-electron chi connectivity index (χ4n) is 2.86. The van der Waals surface area contributed by atoms with Gasteiger partial charge in [0.05, 0.1) is 7.11 Å². The van der Waals surface area contributed by atoms with Crippen molar-refractivity contribution in [3.05, 3.63) is 99.7 Å². The molecular weight excluding hydrogens is 472 g/mol. The van der Waals surface area contributed by atoms with Crippen LogP contribution in [0.4, 0.5) is 5.69 Å². The van der Waals surface area contributed by atoms with Crippen LogP contribution in [0.1, 0.15) is 33.2 Å². The molecule has 6 nitrogen and oxygen atoms in total. The fourth-order valence-corrected chi connectivity index (χ4v) is 3.26. The molecule has 0 bridgehead atoms. The third kappa shape index (κ3) is 6.15. The predicted molar refractivity (Wildman–Crippen MR) is 128 cm³/mol. The maximum Gasteiger partial charge on any atom is 0.272 e. The van der Waals surface area contributed by atoms with Crippen LogP contribution in [0.25, 0.3) is 6.08 Å². The summed E-state index contributed by atoms with van der Waals surface area (Å²) in [6.07, 6.45) is 1.57. The summed E-state index contributed by atoms with van der Waals surface area (Å²) in [4.78, 5) is 37.5. The first-order valence-corrected chi connectivity index (χ1v) is 10.5. The third-order valence-corrected chi connectivity index (χ3v) is 5.03. The van der Waals surface area contributed by atoms with Gasteiger partial charge in [0, 0.05) is 21.3 Å². The van der Waals surface area contributed by atoms with Crippen LogP contribution in [-0.2, 0) is 4.79 Å². The van der Waals surface area contributed by atoms with E-state index in [1.807, 2.05) is 0 Å². The number of ketones is 1. The monoisotopic (exact) mass is 492 g/mol. The van der Waals surface area contributed by atoms with Gasteiger partial charge >= 0.3 is 0 Å². The second-order valence-electron chi connectivity index (χ2n) is 6.89. The van der Waals surface area contributed by atoms with Crippen molar-refractivity contribution >= 4 is 45.3 Å². The van der Waals surface area contributed by atoms with E-state index in [9.17, 15) is 14.4 Å². The van der Waals surface area contributed by atoms with E-state index in [0.29, 0.717) is 28.1 Å². The van der Waals surface area contributed by atoms with Crippen molar-refractivity contribution in [2.24, 2.45) is 0 Å². The van der Waals surface area contributed by atoms with Gasteiger partial charge in [-0.05, 0) is 61.0 Å². The van der Waals surface area contributed by atoms with Gasteiger partial charge < -0.3 is 15.4 Å². The van der Waals surface area contributed by atoms with Crippen LogP contribution in [0.3, 0.4) is 0 Å². The lowest BCUT2D eigenvalue weighted by Gasteiger charge is -2.12. The molecular formula is C25H21BrN2O4. The number of Topliss-reactive ketones (excluding diaryl/α,β-unsaturated/α-hetero) is 1. The molecule has 0 unspecified atom stereocenters. The quantitative estimate of drug-likeness (QED) is 0.356. The zero-order chi connectivity index (χ0) is 23.1. The summed E-state index contributed by atoms with van der Waals surface area (Å²) in [5, 5.41) is 5.43. The van der Waals surface area contributed by atoms with Crippen molar-refractivity contribution in [3.8, 4) is 5.75 Å². The van der Waals surface area contributed by atoms with E-state index in [1.54, 1.807) is 86.0 Å². The molecule has 32 heavy (non-hydrogen) atoms. The highest BCUT2D eigenvalue weighted by Gasteiger charge is 2.16. The zero-order valence-corrected chi connectivity index (χ0v) is 19.1. The first-order valence-electron chi connectivity index (χ1n) is 9.71. The molecule has 0 aromatic heterocycles. The second kappa shape index (κ2) is 10.5. The number of carbonyl (C=O) groups is 3. The van der Waals surface area contributed by atoms with Crippen LogP contribution in [0.15, 0.2) is 83.0 Å². The number of amides is 2. The second-order valence-corrected chi connectivity index (χ2v) is 7.80. The molecule has 0 fully saturated rings. The van der Waals surface area contributed by atoms with Crippen LogP contribution in [0.2, 0.25) is 0 Å². The highest BCUT2D eigenvalue weighted by atomic mass is 79.9. The molecule has 7 heteroatoms. The van der Waals surface area contributed by atoms with Crippen molar-refractivity contribution in [3.63, 3.8) is 0 Å². The van der Waals surface area contributed by atoms with E-state index >= 15 is 0 Å². The Labute approximate surface area is 194 Å². The molecule has 2 amide bonds. The molecule has 0 aliphatic rings. The first kappa shape index (κ1) is 23.0. The summed E-state index contributed by atoms with van der Waals surface area (Å²) >= 11 is 3.34. The van der Waals surface area contributed by atoms with Gasteiger partial charge in [0.2, 0.25) is 0 Å². The van der Waals surface area contributed by atoms with E-state index in [-0.39, 0.29) is 11.5 Å². The molecule has 0 aliphatic heterocycles. The maximum atomic E-state index is 13.0. The Bertz CT molecular complexity index is 1190. The Hall–Kier alpha value is -3.71. The summed E-state index contributed by atoms with van der Waals surface area (Å²) in [5.41, 5.74) is 2.06. The lowest BCUT2D eigenvalue weighted by molar-refractivity contribution is -0.113. The summed E-state index contributed by atoms with van der Waals surface area (Å²) in [7, 11) is 1.57. The molecule has 162 valence electrons. The van der Waals surface area contributed by atoms with Crippen molar-refractivity contribution in [2.75, 3.05) is 12.4 Å². The minimum absolute atomic E-state index is 0.0494. The first-order chi connectivity index (χ1) is 15.4. The number of carbonyl (C=O) groups excluding carboxylic acids is 3. The van der Waals surface area contributed by atoms with E-state index in [1.165, 1.54) is 6.92 Å². The van der Waals surface area contributed by atoms with Crippen molar-refractivity contribution < 1.29 is 19.1 Å². The molecule has 3 aromatic carbocycles. The van der Waals surface area contributed by atoms with Gasteiger partial charge in [-0.2, -0.15) is 0 Å². The average molecular weight is 493 g/mol. The minimum atomic E-state index is -0.523. The van der Waals surface area contributed by atoms with Crippen LogP contribution in [0, 0.1) is 0 Å². The van der Waals surface area contributed by atoms with Gasteiger partial charge in [-0.15, -0.1) is 0 Å². The highest BCUT2D eigenvalue weighted by molar-refractivity contribution is 9.10. The van der Waals surface area contributed by atoms with Gasteiger partial charge in [-0.3, -0.25) is 14.4 Å². The molecule has 0 saturated carbocycles. The van der Waals surface area contributed by atoms with Crippen LogP contribution in [0.5, 0.6) is 5.75 Å². The van der Waals surface area contributed by atoms with Crippen LogP contribution in [-0.4, -0.2) is 24.7 Å². The fraction of sp³-hybridized carbons (Fsp3) is 0.0800. The Morgan fingerprint density at radius 3 is 2.25 bits per heavy atom. The van der Waals surface area contributed by atoms with E-state index in [4.69, 9.17) is 4.74 Å². The molecule has 0 spiro atoms. The molecule has 0 atom stereocenters. The number of hydrogen-bond donors (Lipinski definition) is 2. The summed E-state index contributed by atoms with van der Waals surface area (Å²) in [6, 6.07) is 20.5. The number of anilines is 1. The van der Waals surface area contributed by atoms with Crippen molar-refractivity contribution in [2.45, 2.75) is 6.92 Å². The van der Waals surface area contributed by atoms with Gasteiger partial charge in [0.15, 0.2) is 5.78 Å². The SMILES string of the molecule is COc1ccc(/C=C(\NC(=O)c2cccc(Br)c2)C(=O)Nc2cccc(C(C)=O)c2)cc1. The molecule has 0 heterocycles. The van der Waals surface area contributed by atoms with E-state index < -0.39 is 11.8 Å². The van der Waals surface area contributed by atoms with Gasteiger partial charge in [-0.25, -0.2) is 0 Å². The topological polar surface area (TPSA) is 84.5 Å². The molecule has 0 aliphatic carbocycles. The number of nitrogens with one attached hydrogen (secondary N) is 2. The summed E-state index contributed by atoms with van der Waals surface area (Å²) < 4.78 is 5.91. The standard InChI is InChI=1S/C25H21BrN2O4/c1-16(29)18-5-4-8-21(15-18)27-25(31)23(13-17-9-11-22(32-2)12-10-17)28-24(30)19-6-3-7-20(26)14-19/h3-15H,1-2H3,(H,27,31)(H,28,30)/b23-13-. The minimum Gasteiger partial charge on any atom is -0.497 e. The summed E-state index contributed by atoms with van der Waals surface area (Å²) in [6.45, 7) is 1.45. The number of ether oxygens (including phenoxy) is 1. The van der Waals surface area contributed by atoms with Crippen LogP contribution < -0.4 is 15.4 Å². The molecule has 0 radical (unpaired) electrons. The third-order valence-electron chi connectivity index (χ3n) is 4.53. The van der Waals surface area contributed by atoms with Crippen LogP contribution >= 0.6 is 15.9 Å². The number of halogens is 1. The predicted octanol–water partition coefficient (Wildman–Crippen LogP) is 5.07. The molecule has 0 saturated heterocycles. The van der Waals surface area contributed by atoms with Gasteiger partial charge in [-0.1, -0.05) is 46.3 Å². The Kier molecular flexibility index (Phi) is 7.57. The largest absolute Gasteiger partial charge is 0.497 e.